The average Bonchev–Trinajstić information content (AvgIpc) is 3.11. The minimum atomic E-state index is -4.60. The third-order valence-electron chi connectivity index (χ3n) is 4.67. The zero-order chi connectivity index (χ0) is 18.2. The normalized spacial score (nSPS) is 23.3. The number of amides is 2. The number of pyridine rings is 1. The van der Waals surface area contributed by atoms with Gasteiger partial charge in [-0.2, -0.15) is 13.2 Å². The number of hydrogen-bond acceptors (Lipinski definition) is 4. The Hall–Kier alpha value is -2.16. The Bertz CT molecular complexity index is 680. The largest absolute Gasteiger partial charge is 0.433 e. The number of ether oxygens (including phenoxy) is 1. The molecule has 2 saturated heterocycles. The number of halogens is 3. The van der Waals surface area contributed by atoms with E-state index in [9.17, 15) is 22.8 Å². The smallest absolute Gasteiger partial charge is 0.383 e. The van der Waals surface area contributed by atoms with Crippen LogP contribution in [0.15, 0.2) is 18.3 Å². The fourth-order valence-electron chi connectivity index (χ4n) is 3.41. The predicted octanol–water partition coefficient (Wildman–Crippen LogP) is 1.28. The van der Waals surface area contributed by atoms with Crippen molar-refractivity contribution >= 4 is 11.8 Å². The summed E-state index contributed by atoms with van der Waals surface area (Å²) in [5, 5.41) is 0. The van der Waals surface area contributed by atoms with E-state index >= 15 is 0 Å². The highest BCUT2D eigenvalue weighted by Crippen LogP contribution is 2.33. The Morgan fingerprint density at radius 2 is 2.12 bits per heavy atom. The van der Waals surface area contributed by atoms with Gasteiger partial charge in [-0.25, -0.2) is 0 Å². The number of alkyl halides is 3. The van der Waals surface area contributed by atoms with Gasteiger partial charge in [0.25, 0.3) is 5.91 Å². The highest BCUT2D eigenvalue weighted by molar-refractivity contribution is 5.95. The van der Waals surface area contributed by atoms with Crippen molar-refractivity contribution in [1.29, 1.82) is 0 Å². The third-order valence-corrected chi connectivity index (χ3v) is 4.67. The second kappa shape index (κ2) is 6.62. The summed E-state index contributed by atoms with van der Waals surface area (Å²) in [5.74, 6) is -0.802. The molecular weight excluding hydrogens is 339 g/mol. The van der Waals surface area contributed by atoms with Crippen LogP contribution in [0.25, 0.3) is 0 Å². The first kappa shape index (κ1) is 17.7. The first-order valence-corrected chi connectivity index (χ1v) is 7.91. The van der Waals surface area contributed by atoms with Crippen LogP contribution in [0.1, 0.15) is 16.1 Å². The van der Waals surface area contributed by atoms with E-state index in [0.717, 1.165) is 12.3 Å². The summed E-state index contributed by atoms with van der Waals surface area (Å²) in [4.78, 5) is 31.3. The fraction of sp³-hybridized carbons (Fsp3) is 0.562. The van der Waals surface area contributed by atoms with E-state index < -0.39 is 17.8 Å². The van der Waals surface area contributed by atoms with Gasteiger partial charge in [0.15, 0.2) is 0 Å². The molecule has 9 heteroatoms. The molecule has 0 saturated carbocycles. The molecule has 0 aromatic carbocycles. The number of fused-ring (bicyclic) bond motifs is 1. The van der Waals surface area contributed by atoms with Crippen LogP contribution in [0.4, 0.5) is 13.2 Å². The Balaban J connectivity index is 1.68. The summed E-state index contributed by atoms with van der Waals surface area (Å²) in [6, 6.07) is 2.02. The molecule has 136 valence electrons. The Labute approximate surface area is 142 Å². The van der Waals surface area contributed by atoms with Crippen LogP contribution in [0.3, 0.4) is 0 Å². The molecule has 2 aliphatic heterocycles. The standard InChI is InChI=1S/C16H18F3N3O3/c1-25-5-4-21-7-11-8-22(9-12(11)15(21)24)14(23)10-2-3-20-13(6-10)16(17,18)19/h2-3,6,11-12H,4-5,7-9H2,1H3/t11-,12+/m1/s1. The summed E-state index contributed by atoms with van der Waals surface area (Å²) in [6.07, 6.45) is -3.62. The molecule has 1 aromatic rings. The zero-order valence-corrected chi connectivity index (χ0v) is 13.6. The molecule has 6 nitrogen and oxygen atoms in total. The van der Waals surface area contributed by atoms with Gasteiger partial charge in [-0.05, 0) is 12.1 Å². The minimum Gasteiger partial charge on any atom is -0.383 e. The lowest BCUT2D eigenvalue weighted by atomic mass is 10.0. The molecule has 2 atom stereocenters. The molecule has 1 aromatic heterocycles. The lowest BCUT2D eigenvalue weighted by Gasteiger charge is -2.22. The second-order valence-corrected chi connectivity index (χ2v) is 6.28. The van der Waals surface area contributed by atoms with E-state index in [1.165, 1.54) is 11.0 Å². The minimum absolute atomic E-state index is 0.0113. The second-order valence-electron chi connectivity index (χ2n) is 6.28. The molecule has 0 N–H and O–H groups in total. The number of carbonyl (C=O) groups excluding carboxylic acids is 2. The molecule has 0 bridgehead atoms. The maximum absolute atomic E-state index is 12.7. The van der Waals surface area contributed by atoms with E-state index in [1.807, 2.05) is 0 Å². The van der Waals surface area contributed by atoms with Gasteiger partial charge in [-0.15, -0.1) is 0 Å². The molecule has 2 aliphatic rings. The van der Waals surface area contributed by atoms with Crippen molar-refractivity contribution in [3.63, 3.8) is 0 Å². The van der Waals surface area contributed by atoms with Gasteiger partial charge < -0.3 is 14.5 Å². The lowest BCUT2D eigenvalue weighted by molar-refractivity contribution is -0.141. The summed E-state index contributed by atoms with van der Waals surface area (Å²) in [7, 11) is 1.56. The quantitative estimate of drug-likeness (QED) is 0.814. The molecule has 0 unspecified atom stereocenters. The Kier molecular flexibility index (Phi) is 4.68. The monoisotopic (exact) mass is 357 g/mol. The third kappa shape index (κ3) is 3.46. The van der Waals surface area contributed by atoms with Crippen molar-refractivity contribution < 1.29 is 27.5 Å². The summed E-state index contributed by atoms with van der Waals surface area (Å²) in [5.41, 5.74) is -1.16. The molecule has 3 heterocycles. The van der Waals surface area contributed by atoms with E-state index in [-0.39, 0.29) is 29.9 Å². The lowest BCUT2D eigenvalue weighted by Crippen LogP contribution is -2.37. The first-order chi connectivity index (χ1) is 11.8. The Morgan fingerprint density at radius 1 is 1.36 bits per heavy atom. The topological polar surface area (TPSA) is 62.7 Å². The van der Waals surface area contributed by atoms with Crippen molar-refractivity contribution in [3.05, 3.63) is 29.6 Å². The van der Waals surface area contributed by atoms with Crippen LogP contribution in [0, 0.1) is 11.8 Å². The molecule has 2 fully saturated rings. The van der Waals surface area contributed by atoms with Crippen LogP contribution < -0.4 is 0 Å². The maximum atomic E-state index is 12.7. The SMILES string of the molecule is COCCN1C[C@@H]2CN(C(=O)c3ccnc(C(F)(F)F)c3)C[C@@H]2C1=O. The Morgan fingerprint density at radius 3 is 2.76 bits per heavy atom. The summed E-state index contributed by atoms with van der Waals surface area (Å²) < 4.78 is 43.2. The van der Waals surface area contributed by atoms with Crippen molar-refractivity contribution in [2.24, 2.45) is 11.8 Å². The van der Waals surface area contributed by atoms with Gasteiger partial charge in [-0.1, -0.05) is 0 Å². The predicted molar refractivity (Wildman–Crippen MR) is 80.6 cm³/mol. The highest BCUT2D eigenvalue weighted by atomic mass is 19.4. The first-order valence-electron chi connectivity index (χ1n) is 7.91. The molecule has 0 spiro atoms. The van der Waals surface area contributed by atoms with Gasteiger partial charge in [-0.3, -0.25) is 14.6 Å². The van der Waals surface area contributed by atoms with Crippen LogP contribution in [0.2, 0.25) is 0 Å². The van der Waals surface area contributed by atoms with Crippen molar-refractivity contribution in [1.82, 2.24) is 14.8 Å². The van der Waals surface area contributed by atoms with Crippen LogP contribution in [-0.2, 0) is 15.7 Å². The molecular formula is C16H18F3N3O3. The number of aromatic nitrogens is 1. The highest BCUT2D eigenvalue weighted by Gasteiger charge is 2.47. The molecule has 0 radical (unpaired) electrons. The van der Waals surface area contributed by atoms with E-state index in [4.69, 9.17) is 4.74 Å². The van der Waals surface area contributed by atoms with Crippen LogP contribution >= 0.6 is 0 Å². The van der Waals surface area contributed by atoms with Crippen LogP contribution in [-0.4, -0.2) is 66.5 Å². The van der Waals surface area contributed by atoms with Gasteiger partial charge in [0.05, 0.1) is 12.5 Å². The van der Waals surface area contributed by atoms with E-state index in [0.29, 0.717) is 26.2 Å². The number of nitrogens with zero attached hydrogens (tertiary/aromatic N) is 3. The maximum Gasteiger partial charge on any atom is 0.433 e. The molecule has 3 rings (SSSR count). The van der Waals surface area contributed by atoms with Gasteiger partial charge in [0.1, 0.15) is 5.69 Å². The fourth-order valence-corrected chi connectivity index (χ4v) is 3.41. The van der Waals surface area contributed by atoms with Gasteiger partial charge in [0, 0.05) is 51.0 Å². The number of likely N-dealkylation sites (tertiary alicyclic amines) is 2. The number of carbonyl (C=O) groups is 2. The summed E-state index contributed by atoms with van der Waals surface area (Å²) in [6.45, 7) is 2.10. The average molecular weight is 357 g/mol. The van der Waals surface area contributed by atoms with Gasteiger partial charge in [0.2, 0.25) is 5.91 Å². The zero-order valence-electron chi connectivity index (χ0n) is 13.6. The number of rotatable bonds is 4. The van der Waals surface area contributed by atoms with E-state index in [1.54, 1.807) is 12.0 Å². The molecule has 0 aliphatic carbocycles. The number of hydrogen-bond donors (Lipinski definition) is 0. The summed E-state index contributed by atoms with van der Waals surface area (Å²) >= 11 is 0. The van der Waals surface area contributed by atoms with Crippen molar-refractivity contribution in [3.8, 4) is 0 Å². The van der Waals surface area contributed by atoms with E-state index in [2.05, 4.69) is 4.98 Å². The van der Waals surface area contributed by atoms with Crippen molar-refractivity contribution in [2.75, 3.05) is 39.9 Å². The molecule has 2 amide bonds. The number of methoxy groups -OCH3 is 1. The molecule has 25 heavy (non-hydrogen) atoms. The van der Waals surface area contributed by atoms with Crippen LogP contribution in [0.5, 0.6) is 0 Å². The van der Waals surface area contributed by atoms with Gasteiger partial charge >= 0.3 is 6.18 Å². The van der Waals surface area contributed by atoms with Crippen molar-refractivity contribution in [2.45, 2.75) is 6.18 Å².